The molecule has 1 nitrogen and oxygen atoms in total. The number of hydrogen-bond donors (Lipinski definition) is 1. The third-order valence-corrected chi connectivity index (χ3v) is 5.26. The maximum absolute atomic E-state index is 3.60. The van der Waals surface area contributed by atoms with Crippen molar-refractivity contribution in [1.29, 1.82) is 0 Å². The predicted molar refractivity (Wildman–Crippen MR) is 91.1 cm³/mol. The van der Waals surface area contributed by atoms with Crippen LogP contribution in [-0.4, -0.2) is 12.6 Å². The Labute approximate surface area is 132 Å². The van der Waals surface area contributed by atoms with E-state index in [2.05, 4.69) is 59.4 Å². The van der Waals surface area contributed by atoms with Crippen LogP contribution in [0.1, 0.15) is 57.9 Å². The van der Waals surface area contributed by atoms with Gasteiger partial charge in [-0.3, -0.25) is 0 Å². The maximum Gasteiger partial charge on any atom is 0.0175 e. The van der Waals surface area contributed by atoms with E-state index in [1.165, 1.54) is 61.5 Å². The highest BCUT2D eigenvalue weighted by atomic mass is 79.9. The highest BCUT2D eigenvalue weighted by Gasteiger charge is 2.32. The SMILES string of the molecule is CC(C)NCCC1(CCc2ccc(Br)cc2)CCCC1. The van der Waals surface area contributed by atoms with Gasteiger partial charge in [-0.25, -0.2) is 0 Å². The first-order valence-corrected chi connectivity index (χ1v) is 8.87. The molecule has 1 aliphatic carbocycles. The van der Waals surface area contributed by atoms with E-state index < -0.39 is 0 Å². The third-order valence-electron chi connectivity index (χ3n) is 4.73. The van der Waals surface area contributed by atoms with Crippen molar-refractivity contribution in [2.45, 2.75) is 64.8 Å². The van der Waals surface area contributed by atoms with Crippen molar-refractivity contribution in [2.24, 2.45) is 5.41 Å². The summed E-state index contributed by atoms with van der Waals surface area (Å²) in [5.74, 6) is 0. The lowest BCUT2D eigenvalue weighted by Crippen LogP contribution is -2.29. The topological polar surface area (TPSA) is 12.0 Å². The van der Waals surface area contributed by atoms with Gasteiger partial charge in [-0.15, -0.1) is 0 Å². The van der Waals surface area contributed by atoms with E-state index in [0.29, 0.717) is 11.5 Å². The molecule has 2 rings (SSSR count). The van der Waals surface area contributed by atoms with Gasteiger partial charge in [0.15, 0.2) is 0 Å². The molecule has 0 spiro atoms. The fourth-order valence-electron chi connectivity index (χ4n) is 3.44. The molecule has 0 atom stereocenters. The van der Waals surface area contributed by atoms with Crippen LogP contribution in [0.2, 0.25) is 0 Å². The first-order chi connectivity index (χ1) is 9.60. The number of aryl methyl sites for hydroxylation is 1. The van der Waals surface area contributed by atoms with Gasteiger partial charge in [-0.2, -0.15) is 0 Å². The van der Waals surface area contributed by atoms with Crippen LogP contribution >= 0.6 is 15.9 Å². The number of nitrogens with one attached hydrogen (secondary N) is 1. The first-order valence-electron chi connectivity index (χ1n) is 8.08. The standard InChI is InChI=1S/C18H28BrN/c1-15(2)20-14-13-18(10-3-4-11-18)12-9-16-5-7-17(19)8-6-16/h5-8,15,20H,3-4,9-14H2,1-2H3. The summed E-state index contributed by atoms with van der Waals surface area (Å²) in [7, 11) is 0. The van der Waals surface area contributed by atoms with Gasteiger partial charge < -0.3 is 5.32 Å². The van der Waals surface area contributed by atoms with Crippen LogP contribution in [0.15, 0.2) is 28.7 Å². The Bertz CT molecular complexity index is 390. The number of benzene rings is 1. The molecule has 112 valence electrons. The molecular formula is C18H28BrN. The van der Waals surface area contributed by atoms with Gasteiger partial charge in [0.2, 0.25) is 0 Å². The van der Waals surface area contributed by atoms with Gasteiger partial charge in [-0.1, -0.05) is 54.8 Å². The molecule has 1 aromatic rings. The molecule has 0 heterocycles. The summed E-state index contributed by atoms with van der Waals surface area (Å²) in [6.45, 7) is 5.66. The third kappa shape index (κ3) is 4.89. The second kappa shape index (κ2) is 7.61. The van der Waals surface area contributed by atoms with Crippen molar-refractivity contribution in [3.05, 3.63) is 34.3 Å². The molecule has 1 fully saturated rings. The lowest BCUT2D eigenvalue weighted by atomic mass is 9.77. The van der Waals surface area contributed by atoms with Gasteiger partial charge in [0.05, 0.1) is 0 Å². The monoisotopic (exact) mass is 337 g/mol. The van der Waals surface area contributed by atoms with Crippen LogP contribution < -0.4 is 5.32 Å². The van der Waals surface area contributed by atoms with E-state index in [-0.39, 0.29) is 0 Å². The van der Waals surface area contributed by atoms with Gasteiger partial charge in [0, 0.05) is 10.5 Å². The molecule has 1 N–H and O–H groups in total. The zero-order valence-corrected chi connectivity index (χ0v) is 14.5. The molecule has 1 aromatic carbocycles. The Kier molecular flexibility index (Phi) is 6.10. The molecular weight excluding hydrogens is 310 g/mol. The molecule has 0 unspecified atom stereocenters. The highest BCUT2D eigenvalue weighted by Crippen LogP contribution is 2.44. The minimum Gasteiger partial charge on any atom is -0.315 e. The normalized spacial score (nSPS) is 17.8. The van der Waals surface area contributed by atoms with E-state index in [1.54, 1.807) is 0 Å². The molecule has 0 saturated heterocycles. The summed E-state index contributed by atoms with van der Waals surface area (Å²) in [5.41, 5.74) is 2.09. The molecule has 0 aliphatic heterocycles. The van der Waals surface area contributed by atoms with E-state index >= 15 is 0 Å². The van der Waals surface area contributed by atoms with Crippen LogP contribution in [0.5, 0.6) is 0 Å². The second-order valence-corrected chi connectivity index (χ2v) is 7.61. The average molecular weight is 338 g/mol. The van der Waals surface area contributed by atoms with Gasteiger partial charge >= 0.3 is 0 Å². The summed E-state index contributed by atoms with van der Waals surface area (Å²) >= 11 is 3.51. The lowest BCUT2D eigenvalue weighted by Gasteiger charge is -2.30. The summed E-state index contributed by atoms with van der Waals surface area (Å²) in [4.78, 5) is 0. The molecule has 0 aromatic heterocycles. The van der Waals surface area contributed by atoms with E-state index in [1.807, 2.05) is 0 Å². The molecule has 2 heteroatoms. The van der Waals surface area contributed by atoms with Crippen molar-refractivity contribution in [3.63, 3.8) is 0 Å². The van der Waals surface area contributed by atoms with Crippen molar-refractivity contribution in [3.8, 4) is 0 Å². The Morgan fingerprint density at radius 3 is 2.35 bits per heavy atom. The molecule has 0 bridgehead atoms. The van der Waals surface area contributed by atoms with Crippen molar-refractivity contribution >= 4 is 15.9 Å². The van der Waals surface area contributed by atoms with E-state index in [4.69, 9.17) is 0 Å². The highest BCUT2D eigenvalue weighted by molar-refractivity contribution is 9.10. The minimum absolute atomic E-state index is 0.606. The smallest absolute Gasteiger partial charge is 0.0175 e. The number of halogens is 1. The number of rotatable bonds is 7. The van der Waals surface area contributed by atoms with E-state index in [9.17, 15) is 0 Å². The molecule has 0 amide bonds. The summed E-state index contributed by atoms with van der Waals surface area (Å²) in [5, 5.41) is 3.60. The predicted octanol–water partition coefficient (Wildman–Crippen LogP) is 5.33. The summed E-state index contributed by atoms with van der Waals surface area (Å²) < 4.78 is 1.18. The largest absolute Gasteiger partial charge is 0.315 e. The fourth-order valence-corrected chi connectivity index (χ4v) is 3.70. The zero-order valence-electron chi connectivity index (χ0n) is 12.9. The van der Waals surface area contributed by atoms with Gasteiger partial charge in [-0.05, 0) is 61.8 Å². The Morgan fingerprint density at radius 1 is 1.10 bits per heavy atom. The van der Waals surface area contributed by atoms with Crippen LogP contribution in [0, 0.1) is 5.41 Å². The lowest BCUT2D eigenvalue weighted by molar-refractivity contribution is 0.243. The molecule has 1 saturated carbocycles. The zero-order chi connectivity index (χ0) is 14.4. The fraction of sp³-hybridized carbons (Fsp3) is 0.667. The first kappa shape index (κ1) is 16.0. The maximum atomic E-state index is 3.60. The van der Waals surface area contributed by atoms with Crippen LogP contribution in [0.3, 0.4) is 0 Å². The Balaban J connectivity index is 1.86. The van der Waals surface area contributed by atoms with Crippen LogP contribution in [0.4, 0.5) is 0 Å². The summed E-state index contributed by atoms with van der Waals surface area (Å²) in [6.07, 6.45) is 9.67. The number of hydrogen-bond acceptors (Lipinski definition) is 1. The van der Waals surface area contributed by atoms with Crippen molar-refractivity contribution < 1.29 is 0 Å². The van der Waals surface area contributed by atoms with Crippen molar-refractivity contribution in [2.75, 3.05) is 6.54 Å². The summed E-state index contributed by atoms with van der Waals surface area (Å²) in [6, 6.07) is 9.46. The average Bonchev–Trinajstić information content (AvgIpc) is 2.87. The molecule has 0 radical (unpaired) electrons. The molecule has 20 heavy (non-hydrogen) atoms. The quantitative estimate of drug-likeness (QED) is 0.708. The van der Waals surface area contributed by atoms with Crippen molar-refractivity contribution in [1.82, 2.24) is 5.32 Å². The van der Waals surface area contributed by atoms with Gasteiger partial charge in [0.1, 0.15) is 0 Å². The Hall–Kier alpha value is -0.340. The van der Waals surface area contributed by atoms with Crippen LogP contribution in [-0.2, 0) is 6.42 Å². The second-order valence-electron chi connectivity index (χ2n) is 6.69. The molecule has 1 aliphatic rings. The minimum atomic E-state index is 0.606. The van der Waals surface area contributed by atoms with Crippen LogP contribution in [0.25, 0.3) is 0 Å². The Morgan fingerprint density at radius 2 is 1.75 bits per heavy atom. The van der Waals surface area contributed by atoms with Gasteiger partial charge in [0.25, 0.3) is 0 Å². The van der Waals surface area contributed by atoms with E-state index in [0.717, 1.165) is 0 Å².